The van der Waals surface area contributed by atoms with Gasteiger partial charge in [0.15, 0.2) is 6.61 Å². The number of hydrazine groups is 1. The van der Waals surface area contributed by atoms with E-state index in [-0.39, 0.29) is 0 Å². The predicted octanol–water partition coefficient (Wildman–Crippen LogP) is 0.561. The first-order valence-corrected chi connectivity index (χ1v) is 6.72. The predicted molar refractivity (Wildman–Crippen MR) is 68.6 cm³/mol. The van der Waals surface area contributed by atoms with Crippen molar-refractivity contribution in [3.63, 3.8) is 0 Å². The molecule has 0 atom stereocenters. The lowest BCUT2D eigenvalue weighted by Crippen LogP contribution is -2.42. The standard InChI is InChI=1S/C12H14N2O4S/c1-7(15)13-14-11(16)6-18-12(17)10-5-8-3-2-4-9(8)19-10/h5H,2-4,6H2,1H3,(H,13,15)(H,14,16). The molecule has 0 aromatic carbocycles. The minimum Gasteiger partial charge on any atom is -0.451 e. The first kappa shape index (κ1) is 13.5. The molecule has 0 saturated carbocycles. The molecular formula is C12H14N2O4S. The van der Waals surface area contributed by atoms with E-state index >= 15 is 0 Å². The van der Waals surface area contributed by atoms with E-state index in [9.17, 15) is 14.4 Å². The Balaban J connectivity index is 1.80. The summed E-state index contributed by atoms with van der Waals surface area (Å²) in [5.74, 6) is -1.47. The van der Waals surface area contributed by atoms with Crippen LogP contribution in [0.5, 0.6) is 0 Å². The number of hydrogen-bond acceptors (Lipinski definition) is 5. The van der Waals surface area contributed by atoms with Gasteiger partial charge >= 0.3 is 5.97 Å². The summed E-state index contributed by atoms with van der Waals surface area (Å²) in [6.45, 7) is 0.848. The molecule has 1 aromatic heterocycles. The van der Waals surface area contributed by atoms with E-state index in [4.69, 9.17) is 4.74 Å². The van der Waals surface area contributed by atoms with Crippen molar-refractivity contribution in [1.82, 2.24) is 10.9 Å². The maximum atomic E-state index is 11.7. The number of amides is 2. The Hall–Kier alpha value is -1.89. The van der Waals surface area contributed by atoms with Gasteiger partial charge in [0.25, 0.3) is 5.91 Å². The third kappa shape index (κ3) is 3.54. The maximum absolute atomic E-state index is 11.7. The summed E-state index contributed by atoms with van der Waals surface area (Å²) < 4.78 is 4.87. The molecule has 7 heteroatoms. The van der Waals surface area contributed by atoms with Gasteiger partial charge in [-0.1, -0.05) is 0 Å². The molecule has 1 heterocycles. The van der Waals surface area contributed by atoms with Crippen molar-refractivity contribution >= 4 is 29.1 Å². The summed E-state index contributed by atoms with van der Waals surface area (Å²) in [5.41, 5.74) is 5.44. The Bertz CT molecular complexity index is 502. The largest absolute Gasteiger partial charge is 0.451 e. The fourth-order valence-corrected chi connectivity index (χ4v) is 2.97. The quantitative estimate of drug-likeness (QED) is 0.626. The fourth-order valence-electron chi connectivity index (χ4n) is 1.83. The highest BCUT2D eigenvalue weighted by Crippen LogP contribution is 2.30. The average molecular weight is 282 g/mol. The molecule has 0 spiro atoms. The van der Waals surface area contributed by atoms with Crippen LogP contribution in [0, 0.1) is 0 Å². The summed E-state index contributed by atoms with van der Waals surface area (Å²) in [5, 5.41) is 0. The van der Waals surface area contributed by atoms with Crippen LogP contribution in [0.2, 0.25) is 0 Å². The number of rotatable bonds is 3. The Morgan fingerprint density at radius 1 is 1.32 bits per heavy atom. The van der Waals surface area contributed by atoms with E-state index in [2.05, 4.69) is 10.9 Å². The third-order valence-corrected chi connectivity index (χ3v) is 3.88. The second-order valence-corrected chi connectivity index (χ2v) is 5.35. The Morgan fingerprint density at radius 3 is 2.79 bits per heavy atom. The van der Waals surface area contributed by atoms with E-state index in [1.54, 1.807) is 0 Å². The molecule has 1 aromatic rings. The smallest absolute Gasteiger partial charge is 0.348 e. The number of aryl methyl sites for hydroxylation is 2. The first-order chi connectivity index (χ1) is 9.06. The van der Waals surface area contributed by atoms with Gasteiger partial charge in [0.2, 0.25) is 5.91 Å². The zero-order chi connectivity index (χ0) is 13.8. The highest BCUT2D eigenvalue weighted by Gasteiger charge is 2.19. The van der Waals surface area contributed by atoms with Crippen LogP contribution in [0.15, 0.2) is 6.07 Å². The summed E-state index contributed by atoms with van der Waals surface area (Å²) in [7, 11) is 0. The Kier molecular flexibility index (Phi) is 4.16. The maximum Gasteiger partial charge on any atom is 0.348 e. The number of carbonyl (C=O) groups is 3. The van der Waals surface area contributed by atoms with Crippen LogP contribution in [0.4, 0.5) is 0 Å². The Morgan fingerprint density at radius 2 is 2.11 bits per heavy atom. The number of esters is 1. The summed E-state index contributed by atoms with van der Waals surface area (Å²) in [6, 6.07) is 1.83. The van der Waals surface area contributed by atoms with Crippen LogP contribution in [-0.2, 0) is 27.2 Å². The zero-order valence-electron chi connectivity index (χ0n) is 10.4. The minimum absolute atomic E-state index is 0.394. The van der Waals surface area contributed by atoms with E-state index in [0.29, 0.717) is 4.88 Å². The molecule has 0 saturated heterocycles. The molecule has 0 unspecified atom stereocenters. The van der Waals surface area contributed by atoms with Crippen molar-refractivity contribution in [3.8, 4) is 0 Å². The number of ether oxygens (including phenoxy) is 1. The van der Waals surface area contributed by atoms with Crippen molar-refractivity contribution in [3.05, 3.63) is 21.4 Å². The van der Waals surface area contributed by atoms with Gasteiger partial charge < -0.3 is 4.74 Å². The van der Waals surface area contributed by atoms with Crippen molar-refractivity contribution in [2.24, 2.45) is 0 Å². The van der Waals surface area contributed by atoms with Crippen LogP contribution >= 0.6 is 11.3 Å². The molecule has 6 nitrogen and oxygen atoms in total. The van der Waals surface area contributed by atoms with Crippen molar-refractivity contribution < 1.29 is 19.1 Å². The molecule has 0 fully saturated rings. The average Bonchev–Trinajstić information content (AvgIpc) is 2.93. The lowest BCUT2D eigenvalue weighted by molar-refractivity contribution is -0.129. The van der Waals surface area contributed by atoms with E-state index in [1.807, 2.05) is 6.07 Å². The molecular weight excluding hydrogens is 268 g/mol. The number of carbonyl (C=O) groups excluding carboxylic acids is 3. The van der Waals surface area contributed by atoms with Crippen LogP contribution < -0.4 is 10.9 Å². The van der Waals surface area contributed by atoms with Crippen molar-refractivity contribution in [2.45, 2.75) is 26.2 Å². The Labute approximate surface area is 114 Å². The second-order valence-electron chi connectivity index (χ2n) is 4.22. The molecule has 19 heavy (non-hydrogen) atoms. The van der Waals surface area contributed by atoms with E-state index < -0.39 is 24.4 Å². The summed E-state index contributed by atoms with van der Waals surface area (Å²) >= 11 is 1.42. The number of hydrogen-bond donors (Lipinski definition) is 2. The van der Waals surface area contributed by atoms with Crippen LogP contribution in [0.25, 0.3) is 0 Å². The van der Waals surface area contributed by atoms with Gasteiger partial charge in [-0.2, -0.15) is 0 Å². The first-order valence-electron chi connectivity index (χ1n) is 5.90. The molecule has 1 aliphatic carbocycles. The highest BCUT2D eigenvalue weighted by atomic mass is 32.1. The van der Waals surface area contributed by atoms with Gasteiger partial charge in [0.1, 0.15) is 4.88 Å². The summed E-state index contributed by atoms with van der Waals surface area (Å²) in [6.07, 6.45) is 3.15. The molecule has 0 aliphatic heterocycles. The fraction of sp³-hybridized carbons (Fsp3) is 0.417. The van der Waals surface area contributed by atoms with Crippen LogP contribution in [-0.4, -0.2) is 24.4 Å². The van der Waals surface area contributed by atoms with Crippen LogP contribution in [0.1, 0.15) is 33.5 Å². The highest BCUT2D eigenvalue weighted by molar-refractivity contribution is 7.14. The third-order valence-electron chi connectivity index (χ3n) is 2.66. The van der Waals surface area contributed by atoms with Crippen LogP contribution in [0.3, 0.4) is 0 Å². The molecule has 2 rings (SSSR count). The lowest BCUT2D eigenvalue weighted by atomic mass is 10.2. The molecule has 2 N–H and O–H groups in total. The molecule has 2 amide bonds. The van der Waals surface area contributed by atoms with Gasteiger partial charge in [-0.15, -0.1) is 11.3 Å². The number of fused-ring (bicyclic) bond motifs is 1. The van der Waals surface area contributed by atoms with Gasteiger partial charge in [-0.25, -0.2) is 4.79 Å². The SMILES string of the molecule is CC(=O)NNC(=O)COC(=O)c1cc2c(s1)CCC2. The van der Waals surface area contributed by atoms with Gasteiger partial charge in [0.05, 0.1) is 0 Å². The molecule has 0 bridgehead atoms. The normalized spacial score (nSPS) is 12.7. The van der Waals surface area contributed by atoms with E-state index in [1.165, 1.54) is 28.7 Å². The van der Waals surface area contributed by atoms with Gasteiger partial charge in [-0.3, -0.25) is 20.4 Å². The van der Waals surface area contributed by atoms with Crippen molar-refractivity contribution in [1.29, 1.82) is 0 Å². The number of thiophene rings is 1. The zero-order valence-corrected chi connectivity index (χ0v) is 11.3. The monoisotopic (exact) mass is 282 g/mol. The van der Waals surface area contributed by atoms with Gasteiger partial charge in [0, 0.05) is 11.8 Å². The summed E-state index contributed by atoms with van der Waals surface area (Å²) in [4.78, 5) is 35.2. The molecule has 0 radical (unpaired) electrons. The molecule has 102 valence electrons. The van der Waals surface area contributed by atoms with Gasteiger partial charge in [-0.05, 0) is 30.9 Å². The molecule has 1 aliphatic rings. The lowest BCUT2D eigenvalue weighted by Gasteiger charge is -2.05. The second kappa shape index (κ2) is 5.83. The van der Waals surface area contributed by atoms with Crippen molar-refractivity contribution in [2.75, 3.05) is 6.61 Å². The minimum atomic E-state index is -0.576. The van der Waals surface area contributed by atoms with E-state index in [0.717, 1.165) is 19.3 Å². The number of nitrogens with one attached hydrogen (secondary N) is 2. The topological polar surface area (TPSA) is 84.5 Å².